The fourth-order valence-corrected chi connectivity index (χ4v) is 3.35. The van der Waals surface area contributed by atoms with Gasteiger partial charge in [0.25, 0.3) is 5.69 Å². The lowest BCUT2D eigenvalue weighted by molar-refractivity contribution is -0.384. The van der Waals surface area contributed by atoms with Gasteiger partial charge in [0, 0.05) is 30.1 Å². The van der Waals surface area contributed by atoms with Crippen LogP contribution in [0.3, 0.4) is 0 Å². The summed E-state index contributed by atoms with van der Waals surface area (Å²) < 4.78 is 0. The van der Waals surface area contributed by atoms with Crippen molar-refractivity contribution in [3.8, 4) is 0 Å². The van der Waals surface area contributed by atoms with Gasteiger partial charge in [0.05, 0.1) is 10.2 Å². The summed E-state index contributed by atoms with van der Waals surface area (Å²) in [6.45, 7) is 3.13. The van der Waals surface area contributed by atoms with Gasteiger partial charge in [0.15, 0.2) is 0 Å². The molecule has 0 heterocycles. The maximum Gasteiger partial charge on any atom is 0.269 e. The van der Waals surface area contributed by atoms with Gasteiger partial charge >= 0.3 is 0 Å². The quantitative estimate of drug-likeness (QED) is 0.436. The first-order chi connectivity index (χ1) is 12.4. The number of amides is 1. The Morgan fingerprint density at radius 3 is 2.35 bits per heavy atom. The number of thioether (sulfide) groups is 1. The Labute approximate surface area is 157 Å². The van der Waals surface area contributed by atoms with E-state index in [4.69, 9.17) is 0 Å². The number of hydrogen-bond acceptors (Lipinski definition) is 5. The van der Waals surface area contributed by atoms with Crippen molar-refractivity contribution in [1.82, 2.24) is 10.2 Å². The van der Waals surface area contributed by atoms with Crippen molar-refractivity contribution >= 4 is 23.4 Å². The Balaban J connectivity index is 1.92. The molecular weight excluding hydrogens is 350 g/mol. The second-order valence-corrected chi connectivity index (χ2v) is 7.65. The predicted molar refractivity (Wildman–Crippen MR) is 104 cm³/mol. The van der Waals surface area contributed by atoms with Gasteiger partial charge < -0.3 is 10.2 Å². The molecule has 0 bridgehead atoms. The van der Waals surface area contributed by atoms with Gasteiger partial charge in [-0.15, -0.1) is 11.8 Å². The molecule has 26 heavy (non-hydrogen) atoms. The third-order valence-corrected chi connectivity index (χ3v) is 4.90. The zero-order valence-electron chi connectivity index (χ0n) is 15.1. The lowest BCUT2D eigenvalue weighted by Gasteiger charge is -2.16. The summed E-state index contributed by atoms with van der Waals surface area (Å²) in [6, 6.07) is 14.3. The molecule has 0 saturated heterocycles. The molecule has 1 amide bonds. The minimum atomic E-state index is -0.435. The van der Waals surface area contributed by atoms with Gasteiger partial charge in [-0.2, -0.15) is 0 Å². The summed E-state index contributed by atoms with van der Waals surface area (Å²) >= 11 is 1.38. The van der Waals surface area contributed by atoms with E-state index in [9.17, 15) is 14.9 Å². The van der Waals surface area contributed by atoms with E-state index in [2.05, 4.69) is 16.3 Å². The van der Waals surface area contributed by atoms with Crippen LogP contribution in [0.5, 0.6) is 0 Å². The maximum atomic E-state index is 12.4. The molecule has 0 aliphatic carbocycles. The second-order valence-electron chi connectivity index (χ2n) is 6.24. The second kappa shape index (κ2) is 9.35. The molecule has 0 fully saturated rings. The molecule has 0 aromatic heterocycles. The van der Waals surface area contributed by atoms with E-state index in [1.807, 2.05) is 39.2 Å². The van der Waals surface area contributed by atoms with Gasteiger partial charge in [-0.05, 0) is 44.3 Å². The van der Waals surface area contributed by atoms with E-state index >= 15 is 0 Å². The fraction of sp³-hybridized carbons (Fsp3) is 0.316. The third kappa shape index (κ3) is 5.86. The summed E-state index contributed by atoms with van der Waals surface area (Å²) in [5.74, 6) is -0.0620. The normalized spacial score (nSPS) is 12.0. The molecule has 0 aliphatic rings. The average Bonchev–Trinajstić information content (AvgIpc) is 2.60. The van der Waals surface area contributed by atoms with Crippen LogP contribution in [0.15, 0.2) is 53.4 Å². The number of rotatable bonds is 8. The smallest absolute Gasteiger partial charge is 0.269 e. The summed E-state index contributed by atoms with van der Waals surface area (Å²) in [5.41, 5.74) is 2.33. The topological polar surface area (TPSA) is 75.5 Å². The Kier molecular flexibility index (Phi) is 7.17. The average molecular weight is 373 g/mol. The first-order valence-corrected chi connectivity index (χ1v) is 9.15. The van der Waals surface area contributed by atoms with Crippen molar-refractivity contribution in [3.63, 3.8) is 0 Å². The van der Waals surface area contributed by atoms with Crippen molar-refractivity contribution in [3.05, 3.63) is 69.8 Å². The van der Waals surface area contributed by atoms with Crippen LogP contribution in [-0.2, 0) is 17.9 Å². The highest BCUT2D eigenvalue weighted by Crippen LogP contribution is 2.25. The van der Waals surface area contributed by atoms with E-state index in [0.29, 0.717) is 6.54 Å². The van der Waals surface area contributed by atoms with Crippen LogP contribution in [0, 0.1) is 10.1 Å². The largest absolute Gasteiger partial charge is 0.351 e. The standard InChI is InChI=1S/C19H23N3O3S/c1-14(26-18-10-8-17(9-11-18)22(24)25)19(23)20-12-15-6-4-5-7-16(15)13-21(2)3/h4-11,14H,12-13H2,1-3H3,(H,20,23). The Morgan fingerprint density at radius 2 is 1.77 bits per heavy atom. The van der Waals surface area contributed by atoms with Crippen molar-refractivity contribution in [2.24, 2.45) is 0 Å². The minimum absolute atomic E-state index is 0.0453. The Bertz CT molecular complexity index is 763. The molecule has 7 heteroatoms. The molecule has 1 atom stereocenters. The highest BCUT2D eigenvalue weighted by atomic mass is 32.2. The molecule has 0 aliphatic heterocycles. The SMILES string of the molecule is CC(Sc1ccc([N+](=O)[O-])cc1)C(=O)NCc1ccccc1CN(C)C. The lowest BCUT2D eigenvalue weighted by Crippen LogP contribution is -2.31. The summed E-state index contributed by atoms with van der Waals surface area (Å²) in [7, 11) is 4.02. The first kappa shape index (κ1) is 19.9. The molecular formula is C19H23N3O3S. The van der Waals surface area contributed by atoms with E-state index in [1.165, 1.54) is 29.5 Å². The fourth-order valence-electron chi connectivity index (χ4n) is 2.46. The number of carbonyl (C=O) groups is 1. The van der Waals surface area contributed by atoms with Crippen molar-refractivity contribution < 1.29 is 9.72 Å². The third-order valence-electron chi connectivity index (χ3n) is 3.79. The van der Waals surface area contributed by atoms with Gasteiger partial charge in [-0.1, -0.05) is 24.3 Å². The summed E-state index contributed by atoms with van der Waals surface area (Å²) in [4.78, 5) is 25.5. The highest BCUT2D eigenvalue weighted by Gasteiger charge is 2.15. The van der Waals surface area contributed by atoms with Crippen LogP contribution in [0.2, 0.25) is 0 Å². The van der Waals surface area contributed by atoms with E-state index in [1.54, 1.807) is 12.1 Å². The maximum absolute atomic E-state index is 12.4. The number of non-ortho nitro benzene ring substituents is 1. The first-order valence-electron chi connectivity index (χ1n) is 8.27. The van der Waals surface area contributed by atoms with Crippen LogP contribution in [0.25, 0.3) is 0 Å². The van der Waals surface area contributed by atoms with Crippen molar-refractivity contribution in [2.75, 3.05) is 14.1 Å². The van der Waals surface area contributed by atoms with Crippen LogP contribution < -0.4 is 5.32 Å². The number of carbonyl (C=O) groups excluding carboxylic acids is 1. The van der Waals surface area contributed by atoms with Crippen LogP contribution in [0.1, 0.15) is 18.1 Å². The summed E-state index contributed by atoms with van der Waals surface area (Å²) in [5, 5.41) is 13.4. The molecule has 0 radical (unpaired) electrons. The van der Waals surface area contributed by atoms with Gasteiger partial charge in [-0.3, -0.25) is 14.9 Å². The number of benzene rings is 2. The number of hydrogen-bond donors (Lipinski definition) is 1. The monoisotopic (exact) mass is 373 g/mol. The van der Waals surface area contributed by atoms with Crippen molar-refractivity contribution in [2.45, 2.75) is 30.2 Å². The van der Waals surface area contributed by atoms with Gasteiger partial charge in [0.2, 0.25) is 5.91 Å². The van der Waals surface area contributed by atoms with Crippen LogP contribution in [0.4, 0.5) is 5.69 Å². The number of nitrogens with zero attached hydrogens (tertiary/aromatic N) is 2. The number of nitro benzene ring substituents is 1. The van der Waals surface area contributed by atoms with Gasteiger partial charge in [-0.25, -0.2) is 0 Å². The Hall–Kier alpha value is -2.38. The van der Waals surface area contributed by atoms with Crippen molar-refractivity contribution in [1.29, 1.82) is 0 Å². The Morgan fingerprint density at radius 1 is 1.15 bits per heavy atom. The highest BCUT2D eigenvalue weighted by molar-refractivity contribution is 8.00. The van der Waals surface area contributed by atoms with Crippen LogP contribution in [-0.4, -0.2) is 35.1 Å². The number of nitrogens with one attached hydrogen (secondary N) is 1. The molecule has 6 nitrogen and oxygen atoms in total. The van der Waals surface area contributed by atoms with Gasteiger partial charge in [0.1, 0.15) is 0 Å². The molecule has 1 unspecified atom stereocenters. The molecule has 0 saturated carbocycles. The minimum Gasteiger partial charge on any atom is -0.351 e. The van der Waals surface area contributed by atoms with Crippen LogP contribution >= 0.6 is 11.8 Å². The molecule has 1 N–H and O–H groups in total. The zero-order valence-corrected chi connectivity index (χ0v) is 16.0. The molecule has 0 spiro atoms. The van der Waals surface area contributed by atoms with E-state index < -0.39 is 4.92 Å². The lowest BCUT2D eigenvalue weighted by atomic mass is 10.1. The molecule has 2 rings (SSSR count). The molecule has 138 valence electrons. The predicted octanol–water partition coefficient (Wildman–Crippen LogP) is 3.45. The zero-order chi connectivity index (χ0) is 19.1. The van der Waals surface area contributed by atoms with E-state index in [0.717, 1.165) is 17.0 Å². The summed E-state index contributed by atoms with van der Waals surface area (Å²) in [6.07, 6.45) is 0. The number of nitro groups is 1. The molecule has 2 aromatic carbocycles. The van der Waals surface area contributed by atoms with E-state index in [-0.39, 0.29) is 16.8 Å². The molecule has 2 aromatic rings.